The fraction of sp³-hybridized carbons (Fsp3) is 0.400. The van der Waals surface area contributed by atoms with E-state index < -0.39 is 0 Å². The molecule has 1 aromatic carbocycles. The first-order valence-corrected chi connectivity index (χ1v) is 9.03. The summed E-state index contributed by atoms with van der Waals surface area (Å²) in [6, 6.07) is 8.99. The van der Waals surface area contributed by atoms with E-state index in [1.807, 2.05) is 12.1 Å². The lowest BCUT2D eigenvalue weighted by Gasteiger charge is -2.39. The Bertz CT molecular complexity index is 788. The van der Waals surface area contributed by atoms with Crippen molar-refractivity contribution in [1.29, 1.82) is 0 Å². The van der Waals surface area contributed by atoms with Crippen LogP contribution in [0.25, 0.3) is 0 Å². The number of rotatable bonds is 7. The van der Waals surface area contributed by atoms with Crippen LogP contribution in [0.5, 0.6) is 5.75 Å². The molecule has 26 heavy (non-hydrogen) atoms. The molecule has 136 valence electrons. The van der Waals surface area contributed by atoms with Crippen molar-refractivity contribution in [2.75, 3.05) is 19.6 Å². The maximum atomic E-state index is 13.6. The molecule has 0 radical (unpaired) electrons. The highest BCUT2D eigenvalue weighted by atomic mass is 19.1. The topological polar surface area (TPSA) is 54.5 Å². The molecule has 1 saturated carbocycles. The fourth-order valence-electron chi connectivity index (χ4n) is 3.06. The summed E-state index contributed by atoms with van der Waals surface area (Å²) >= 11 is 0. The molecule has 0 spiro atoms. The number of ether oxygens (including phenoxy) is 1. The molecular formula is C20H22FN3O2. The molecule has 4 rings (SSSR count). The van der Waals surface area contributed by atoms with Gasteiger partial charge in [-0.15, -0.1) is 0 Å². The van der Waals surface area contributed by atoms with Crippen molar-refractivity contribution in [1.82, 2.24) is 15.2 Å². The van der Waals surface area contributed by atoms with Gasteiger partial charge in [0.1, 0.15) is 17.7 Å². The number of nitrogens with zero attached hydrogens (tertiary/aromatic N) is 2. The number of halogens is 1. The van der Waals surface area contributed by atoms with E-state index in [1.165, 1.54) is 19.0 Å². The third-order valence-electron chi connectivity index (χ3n) is 4.82. The average Bonchev–Trinajstić information content (AvgIpc) is 3.44. The van der Waals surface area contributed by atoms with Crippen molar-refractivity contribution in [3.63, 3.8) is 0 Å². The van der Waals surface area contributed by atoms with Gasteiger partial charge in [0.2, 0.25) is 0 Å². The van der Waals surface area contributed by atoms with Gasteiger partial charge in [-0.05, 0) is 43.0 Å². The summed E-state index contributed by atoms with van der Waals surface area (Å²) in [5, 5.41) is 2.97. The van der Waals surface area contributed by atoms with Crippen molar-refractivity contribution in [2.24, 2.45) is 5.92 Å². The number of hydrogen-bond acceptors (Lipinski definition) is 4. The van der Waals surface area contributed by atoms with Gasteiger partial charge < -0.3 is 10.1 Å². The molecule has 2 aromatic rings. The number of pyridine rings is 1. The number of aromatic nitrogens is 1. The fourth-order valence-corrected chi connectivity index (χ4v) is 3.06. The molecular weight excluding hydrogens is 333 g/mol. The smallest absolute Gasteiger partial charge is 0.251 e. The minimum atomic E-state index is -0.276. The molecule has 1 aliphatic heterocycles. The van der Waals surface area contributed by atoms with Gasteiger partial charge in [0, 0.05) is 43.5 Å². The zero-order valence-corrected chi connectivity index (χ0v) is 14.5. The van der Waals surface area contributed by atoms with E-state index in [4.69, 9.17) is 4.74 Å². The first kappa shape index (κ1) is 17.0. The van der Waals surface area contributed by atoms with Gasteiger partial charge in [0.25, 0.3) is 5.91 Å². The van der Waals surface area contributed by atoms with E-state index in [2.05, 4.69) is 15.2 Å². The van der Waals surface area contributed by atoms with Gasteiger partial charge >= 0.3 is 0 Å². The van der Waals surface area contributed by atoms with Crippen molar-refractivity contribution >= 4 is 5.91 Å². The van der Waals surface area contributed by atoms with Crippen LogP contribution in [0.15, 0.2) is 42.7 Å². The molecule has 2 aliphatic rings. The summed E-state index contributed by atoms with van der Waals surface area (Å²) in [6.45, 7) is 2.78. The summed E-state index contributed by atoms with van der Waals surface area (Å²) in [5.41, 5.74) is 1.27. The van der Waals surface area contributed by atoms with Crippen molar-refractivity contribution < 1.29 is 13.9 Å². The molecule has 6 heteroatoms. The Morgan fingerprint density at radius 3 is 2.92 bits per heavy atom. The van der Waals surface area contributed by atoms with Gasteiger partial charge in [-0.25, -0.2) is 4.39 Å². The maximum absolute atomic E-state index is 13.6. The minimum Gasteiger partial charge on any atom is -0.488 e. The molecule has 2 fully saturated rings. The van der Waals surface area contributed by atoms with Crippen LogP contribution in [-0.2, 0) is 6.54 Å². The Labute approximate surface area is 152 Å². The zero-order chi connectivity index (χ0) is 17.9. The number of carbonyl (C=O) groups is 1. The van der Waals surface area contributed by atoms with Gasteiger partial charge in [0.15, 0.2) is 0 Å². The van der Waals surface area contributed by atoms with Crippen LogP contribution in [0.1, 0.15) is 28.8 Å². The lowest BCUT2D eigenvalue weighted by atomic mass is 10.1. The average molecular weight is 355 g/mol. The quantitative estimate of drug-likeness (QED) is 0.830. The largest absolute Gasteiger partial charge is 0.488 e. The molecule has 0 atom stereocenters. The highest BCUT2D eigenvalue weighted by Gasteiger charge is 2.29. The van der Waals surface area contributed by atoms with E-state index in [0.29, 0.717) is 29.3 Å². The predicted molar refractivity (Wildman–Crippen MR) is 95.4 cm³/mol. The van der Waals surface area contributed by atoms with E-state index >= 15 is 0 Å². The Morgan fingerprint density at radius 2 is 2.15 bits per heavy atom. The molecule has 1 saturated heterocycles. The van der Waals surface area contributed by atoms with Crippen LogP contribution in [0.4, 0.5) is 4.39 Å². The molecule has 2 heterocycles. The molecule has 0 unspecified atom stereocenters. The van der Waals surface area contributed by atoms with Crippen LogP contribution in [0, 0.1) is 11.7 Å². The van der Waals surface area contributed by atoms with Gasteiger partial charge in [-0.1, -0.05) is 6.07 Å². The monoisotopic (exact) mass is 355 g/mol. The maximum Gasteiger partial charge on any atom is 0.251 e. The number of nitrogens with one attached hydrogen (secondary N) is 1. The van der Waals surface area contributed by atoms with Crippen LogP contribution < -0.4 is 10.1 Å². The molecule has 1 aliphatic carbocycles. The summed E-state index contributed by atoms with van der Waals surface area (Å²) < 4.78 is 19.6. The third kappa shape index (κ3) is 4.19. The van der Waals surface area contributed by atoms with E-state index in [9.17, 15) is 9.18 Å². The predicted octanol–water partition coefficient (Wildman–Crippen LogP) is 2.62. The first-order valence-electron chi connectivity index (χ1n) is 9.03. The lowest BCUT2D eigenvalue weighted by molar-refractivity contribution is 0.0139. The number of benzene rings is 1. The number of amides is 1. The summed E-state index contributed by atoms with van der Waals surface area (Å²) in [5.74, 6) is 1.03. The Kier molecular flexibility index (Phi) is 4.84. The standard InChI is InChI=1S/C20H22FN3O2/c21-19-10-22-7-6-16(19)11-24-12-18(13-24)26-17-3-1-2-15(8-17)20(25)23-9-14-4-5-14/h1-3,6-8,10,14,18H,4-5,9,11-13H2,(H,23,25). The number of hydrogen-bond donors (Lipinski definition) is 1. The second kappa shape index (κ2) is 7.41. The number of carbonyl (C=O) groups excluding carboxylic acids is 1. The summed E-state index contributed by atoms with van der Waals surface area (Å²) in [4.78, 5) is 18.1. The van der Waals surface area contributed by atoms with Gasteiger partial charge in [-0.3, -0.25) is 14.7 Å². The highest BCUT2D eigenvalue weighted by molar-refractivity contribution is 5.94. The Hall–Kier alpha value is -2.47. The van der Waals surface area contributed by atoms with Crippen LogP contribution in [-0.4, -0.2) is 41.5 Å². The summed E-state index contributed by atoms with van der Waals surface area (Å²) in [6.07, 6.45) is 5.33. The van der Waals surface area contributed by atoms with Gasteiger partial charge in [0.05, 0.1) is 6.20 Å². The van der Waals surface area contributed by atoms with Crippen LogP contribution in [0.3, 0.4) is 0 Å². The van der Waals surface area contributed by atoms with E-state index in [0.717, 1.165) is 19.6 Å². The van der Waals surface area contributed by atoms with Crippen molar-refractivity contribution in [3.8, 4) is 5.75 Å². The first-order chi connectivity index (χ1) is 12.7. The van der Waals surface area contributed by atoms with Crippen molar-refractivity contribution in [2.45, 2.75) is 25.5 Å². The second-order valence-electron chi connectivity index (χ2n) is 7.08. The molecule has 5 nitrogen and oxygen atoms in total. The normalized spacial score (nSPS) is 17.6. The van der Waals surface area contributed by atoms with E-state index in [-0.39, 0.29) is 17.8 Å². The molecule has 1 N–H and O–H groups in total. The van der Waals surface area contributed by atoms with Crippen molar-refractivity contribution in [3.05, 3.63) is 59.7 Å². The van der Waals surface area contributed by atoms with Gasteiger partial charge in [-0.2, -0.15) is 0 Å². The lowest BCUT2D eigenvalue weighted by Crippen LogP contribution is -2.53. The zero-order valence-electron chi connectivity index (χ0n) is 14.5. The Morgan fingerprint density at radius 1 is 1.31 bits per heavy atom. The Balaban J connectivity index is 1.27. The summed E-state index contributed by atoms with van der Waals surface area (Å²) in [7, 11) is 0. The minimum absolute atomic E-state index is 0.0502. The van der Waals surface area contributed by atoms with Crippen LogP contribution in [0.2, 0.25) is 0 Å². The number of likely N-dealkylation sites (tertiary alicyclic amines) is 1. The third-order valence-corrected chi connectivity index (χ3v) is 4.82. The molecule has 1 aromatic heterocycles. The molecule has 1 amide bonds. The van der Waals surface area contributed by atoms with E-state index in [1.54, 1.807) is 24.4 Å². The molecule has 0 bridgehead atoms. The van der Waals surface area contributed by atoms with Crippen LogP contribution >= 0.6 is 0 Å². The SMILES string of the molecule is O=C(NCC1CC1)c1cccc(OC2CN(Cc3ccncc3F)C2)c1. The second-order valence-corrected chi connectivity index (χ2v) is 7.08. The highest BCUT2D eigenvalue weighted by Crippen LogP contribution is 2.27.